The highest BCUT2D eigenvalue weighted by molar-refractivity contribution is 7.92. The quantitative estimate of drug-likeness (QED) is 0.715. The largest absolute Gasteiger partial charge is 0.310 e. The predicted molar refractivity (Wildman–Crippen MR) is 73.4 cm³/mol. The fourth-order valence-electron chi connectivity index (χ4n) is 1.49. The molecule has 0 saturated heterocycles. The van der Waals surface area contributed by atoms with Crippen LogP contribution in [-0.2, 0) is 16.6 Å². The van der Waals surface area contributed by atoms with Gasteiger partial charge in [-0.15, -0.1) is 0 Å². The Morgan fingerprint density at radius 1 is 1.30 bits per heavy atom. The Bertz CT molecular complexity index is 653. The monoisotopic (exact) mass is 296 g/mol. The first-order valence-electron chi connectivity index (χ1n) is 6.04. The minimum atomic E-state index is -3.78. The summed E-state index contributed by atoms with van der Waals surface area (Å²) in [6.07, 6.45) is 4.40. The lowest BCUT2D eigenvalue weighted by atomic mass is 10.3. The van der Waals surface area contributed by atoms with E-state index in [2.05, 4.69) is 30.2 Å². The Kier molecular flexibility index (Phi) is 4.30. The van der Waals surface area contributed by atoms with E-state index in [1.807, 2.05) is 13.8 Å². The molecule has 8 nitrogen and oxygen atoms in total. The van der Waals surface area contributed by atoms with Gasteiger partial charge in [0.05, 0.1) is 6.20 Å². The molecule has 3 N–H and O–H groups in total. The van der Waals surface area contributed by atoms with Crippen LogP contribution in [-0.4, -0.2) is 34.6 Å². The van der Waals surface area contributed by atoms with Gasteiger partial charge in [0.1, 0.15) is 0 Å². The molecule has 108 valence electrons. The van der Waals surface area contributed by atoms with E-state index in [1.54, 1.807) is 6.07 Å². The molecular weight excluding hydrogens is 280 g/mol. The zero-order valence-electron chi connectivity index (χ0n) is 11.2. The number of nitrogens with zero attached hydrogens (tertiary/aromatic N) is 3. The number of hydrogen-bond donors (Lipinski definition) is 3. The SMILES string of the molecule is CC(C)NCc1cn[nH]c1S(=O)(=O)Nc1ncccn1. The molecule has 0 saturated carbocycles. The number of aromatic nitrogens is 4. The molecule has 2 rings (SSSR count). The summed E-state index contributed by atoms with van der Waals surface area (Å²) in [6, 6.07) is 1.84. The zero-order chi connectivity index (χ0) is 14.6. The lowest BCUT2D eigenvalue weighted by Gasteiger charge is -2.09. The van der Waals surface area contributed by atoms with Gasteiger partial charge in [-0.05, 0) is 6.07 Å². The predicted octanol–water partition coefficient (Wildman–Crippen LogP) is 0.498. The maximum atomic E-state index is 12.2. The number of nitrogens with one attached hydrogen (secondary N) is 3. The first-order valence-corrected chi connectivity index (χ1v) is 7.53. The summed E-state index contributed by atoms with van der Waals surface area (Å²) in [5.74, 6) is 0.0184. The van der Waals surface area contributed by atoms with Crippen LogP contribution in [0, 0.1) is 0 Å². The minimum Gasteiger partial charge on any atom is -0.310 e. The molecule has 20 heavy (non-hydrogen) atoms. The normalized spacial score (nSPS) is 11.8. The van der Waals surface area contributed by atoms with Gasteiger partial charge in [-0.25, -0.2) is 14.7 Å². The molecule has 0 bridgehead atoms. The summed E-state index contributed by atoms with van der Waals surface area (Å²) in [6.45, 7) is 4.36. The van der Waals surface area contributed by atoms with Crippen molar-refractivity contribution in [3.05, 3.63) is 30.2 Å². The van der Waals surface area contributed by atoms with Gasteiger partial charge < -0.3 is 5.32 Å². The van der Waals surface area contributed by atoms with Crippen LogP contribution in [0.4, 0.5) is 5.95 Å². The summed E-state index contributed by atoms with van der Waals surface area (Å²) in [5.41, 5.74) is 0.558. The topological polar surface area (TPSA) is 113 Å². The van der Waals surface area contributed by atoms with E-state index in [-0.39, 0.29) is 17.0 Å². The van der Waals surface area contributed by atoms with Crippen molar-refractivity contribution < 1.29 is 8.42 Å². The van der Waals surface area contributed by atoms with E-state index in [0.29, 0.717) is 12.1 Å². The van der Waals surface area contributed by atoms with E-state index in [4.69, 9.17) is 0 Å². The number of hydrogen-bond acceptors (Lipinski definition) is 6. The maximum absolute atomic E-state index is 12.2. The molecule has 0 radical (unpaired) electrons. The highest BCUT2D eigenvalue weighted by Gasteiger charge is 2.21. The van der Waals surface area contributed by atoms with E-state index < -0.39 is 10.0 Å². The molecular formula is C11H16N6O2S. The Labute approximate surface area is 117 Å². The van der Waals surface area contributed by atoms with Gasteiger partial charge in [0.2, 0.25) is 5.95 Å². The number of sulfonamides is 1. The molecule has 0 aliphatic rings. The second-order valence-electron chi connectivity index (χ2n) is 4.44. The Morgan fingerprint density at radius 3 is 2.65 bits per heavy atom. The van der Waals surface area contributed by atoms with Crippen molar-refractivity contribution in [2.75, 3.05) is 4.72 Å². The summed E-state index contributed by atoms with van der Waals surface area (Å²) in [7, 11) is -3.78. The second-order valence-corrected chi connectivity index (χ2v) is 6.06. The molecule has 0 fully saturated rings. The molecule has 0 amide bonds. The minimum absolute atomic E-state index is 0.0121. The zero-order valence-corrected chi connectivity index (χ0v) is 12.0. The van der Waals surface area contributed by atoms with Crippen molar-refractivity contribution in [2.24, 2.45) is 0 Å². The Balaban J connectivity index is 2.20. The highest BCUT2D eigenvalue weighted by Crippen LogP contribution is 2.14. The van der Waals surface area contributed by atoms with Crippen molar-refractivity contribution in [3.8, 4) is 0 Å². The molecule has 0 spiro atoms. The van der Waals surface area contributed by atoms with Crippen LogP contribution in [0.1, 0.15) is 19.4 Å². The Hall–Kier alpha value is -2.00. The summed E-state index contributed by atoms with van der Waals surface area (Å²) in [4.78, 5) is 7.65. The average molecular weight is 296 g/mol. The third kappa shape index (κ3) is 3.52. The summed E-state index contributed by atoms with van der Waals surface area (Å²) >= 11 is 0. The lowest BCUT2D eigenvalue weighted by Crippen LogP contribution is -2.24. The number of rotatable bonds is 6. The summed E-state index contributed by atoms with van der Waals surface area (Å²) < 4.78 is 26.8. The van der Waals surface area contributed by atoms with Gasteiger partial charge in [0.25, 0.3) is 10.0 Å². The van der Waals surface area contributed by atoms with Gasteiger partial charge in [-0.1, -0.05) is 13.8 Å². The third-order valence-corrected chi connectivity index (χ3v) is 3.78. The fourth-order valence-corrected chi connectivity index (χ4v) is 2.59. The van der Waals surface area contributed by atoms with Gasteiger partial charge in [0, 0.05) is 30.5 Å². The van der Waals surface area contributed by atoms with Crippen molar-refractivity contribution in [1.29, 1.82) is 0 Å². The van der Waals surface area contributed by atoms with Gasteiger partial charge in [-0.3, -0.25) is 5.10 Å². The van der Waals surface area contributed by atoms with Crippen LogP contribution < -0.4 is 10.0 Å². The molecule has 2 aromatic rings. The molecule has 0 atom stereocenters. The van der Waals surface area contributed by atoms with Crippen LogP contribution in [0.15, 0.2) is 29.7 Å². The smallest absolute Gasteiger partial charge is 0.281 e. The highest BCUT2D eigenvalue weighted by atomic mass is 32.2. The molecule has 0 aliphatic heterocycles. The van der Waals surface area contributed by atoms with E-state index >= 15 is 0 Å². The number of H-pyrrole nitrogens is 1. The standard InChI is InChI=1S/C11H16N6O2S/c1-8(2)14-6-9-7-15-16-10(9)20(18,19)17-11-12-4-3-5-13-11/h3-5,7-8,14H,6H2,1-2H3,(H,15,16)(H,12,13,17). The number of anilines is 1. The van der Waals surface area contributed by atoms with E-state index in [9.17, 15) is 8.42 Å². The van der Waals surface area contributed by atoms with Crippen LogP contribution in [0.5, 0.6) is 0 Å². The third-order valence-electron chi connectivity index (χ3n) is 2.44. The van der Waals surface area contributed by atoms with Crippen molar-refractivity contribution >= 4 is 16.0 Å². The molecule has 0 aliphatic carbocycles. The summed E-state index contributed by atoms with van der Waals surface area (Å²) in [5, 5.41) is 9.43. The second kappa shape index (κ2) is 5.97. The van der Waals surface area contributed by atoms with Crippen LogP contribution in [0.3, 0.4) is 0 Å². The Morgan fingerprint density at radius 2 is 2.00 bits per heavy atom. The van der Waals surface area contributed by atoms with Crippen molar-refractivity contribution in [1.82, 2.24) is 25.5 Å². The van der Waals surface area contributed by atoms with Gasteiger partial charge in [0.15, 0.2) is 5.03 Å². The molecule has 0 unspecified atom stereocenters. The van der Waals surface area contributed by atoms with Crippen LogP contribution in [0.25, 0.3) is 0 Å². The number of aromatic amines is 1. The lowest BCUT2D eigenvalue weighted by molar-refractivity contribution is 0.574. The van der Waals surface area contributed by atoms with Gasteiger partial charge in [-0.2, -0.15) is 13.5 Å². The van der Waals surface area contributed by atoms with Gasteiger partial charge >= 0.3 is 0 Å². The molecule has 9 heteroatoms. The maximum Gasteiger partial charge on any atom is 0.281 e. The molecule has 0 aromatic carbocycles. The van der Waals surface area contributed by atoms with Crippen LogP contribution >= 0.6 is 0 Å². The van der Waals surface area contributed by atoms with E-state index in [1.165, 1.54) is 18.6 Å². The first kappa shape index (κ1) is 14.4. The van der Waals surface area contributed by atoms with Crippen LogP contribution in [0.2, 0.25) is 0 Å². The first-order chi connectivity index (χ1) is 9.49. The van der Waals surface area contributed by atoms with E-state index in [0.717, 1.165) is 0 Å². The van der Waals surface area contributed by atoms with Crippen molar-refractivity contribution in [2.45, 2.75) is 31.5 Å². The fraction of sp³-hybridized carbons (Fsp3) is 0.364. The average Bonchev–Trinajstić information content (AvgIpc) is 2.86. The van der Waals surface area contributed by atoms with Crippen molar-refractivity contribution in [3.63, 3.8) is 0 Å². The molecule has 2 heterocycles. The molecule has 2 aromatic heterocycles.